The van der Waals surface area contributed by atoms with E-state index in [1.807, 2.05) is 91.0 Å². The number of hydrogen-bond acceptors (Lipinski definition) is 7. The highest BCUT2D eigenvalue weighted by Gasteiger charge is 2.47. The zero-order chi connectivity index (χ0) is 33.4. The van der Waals surface area contributed by atoms with E-state index >= 15 is 0 Å². The van der Waals surface area contributed by atoms with Crippen molar-refractivity contribution in [3.63, 3.8) is 0 Å². The van der Waals surface area contributed by atoms with E-state index in [0.29, 0.717) is 10.4 Å². The van der Waals surface area contributed by atoms with E-state index in [-0.39, 0.29) is 42.4 Å². The second kappa shape index (κ2) is 14.9. The molecule has 0 radical (unpaired) electrons. The fourth-order valence-corrected chi connectivity index (χ4v) is 10.3. The van der Waals surface area contributed by atoms with Gasteiger partial charge in [-0.05, 0) is 39.7 Å². The molecular formula is C36H32N3O6PS. The number of nitrogens with one attached hydrogen (secondary N) is 1. The predicted octanol–water partition coefficient (Wildman–Crippen LogP) is 4.77. The fourth-order valence-electron chi connectivity index (χ4n) is 5.58. The Balaban J connectivity index is 1.72. The van der Waals surface area contributed by atoms with E-state index in [1.165, 1.54) is 37.4 Å². The van der Waals surface area contributed by atoms with Gasteiger partial charge < -0.3 is 15.0 Å². The summed E-state index contributed by atoms with van der Waals surface area (Å²) in [5, 5.41) is 16.3. The van der Waals surface area contributed by atoms with Crippen molar-refractivity contribution >= 4 is 68.8 Å². The van der Waals surface area contributed by atoms with E-state index in [9.17, 15) is 24.5 Å². The highest BCUT2D eigenvalue weighted by atomic mass is 32.1. The Morgan fingerprint density at radius 2 is 1.43 bits per heavy atom. The largest absolute Gasteiger partial charge is 0.456 e. The Kier molecular flexibility index (Phi) is 10.6. The number of non-ortho nitro benzene ring substituents is 1. The lowest BCUT2D eigenvalue weighted by atomic mass is 9.97. The summed E-state index contributed by atoms with van der Waals surface area (Å²) in [6, 6.07) is 34.3. The molecule has 1 N–H and O–H groups in total. The maximum Gasteiger partial charge on any atom is 0.356 e. The van der Waals surface area contributed by atoms with Crippen LogP contribution < -0.4 is 21.2 Å². The van der Waals surface area contributed by atoms with Gasteiger partial charge in [-0.25, -0.2) is 4.79 Å². The molecule has 1 aliphatic heterocycles. The molecule has 47 heavy (non-hydrogen) atoms. The second-order valence-corrected chi connectivity index (χ2v) is 14.7. The van der Waals surface area contributed by atoms with Crippen LogP contribution in [0.15, 0.2) is 128 Å². The molecule has 0 bridgehead atoms. The Morgan fingerprint density at radius 3 is 1.87 bits per heavy atom. The molecule has 11 heteroatoms. The monoisotopic (exact) mass is 665 g/mol. The van der Waals surface area contributed by atoms with Gasteiger partial charge in [0, 0.05) is 49.8 Å². The number of nitrogens with zero attached hydrogens (tertiary/aromatic N) is 2. The number of thiocarbonyl (C=S) groups is 1. The van der Waals surface area contributed by atoms with Crippen LogP contribution in [0.25, 0.3) is 0 Å². The van der Waals surface area contributed by atoms with E-state index in [2.05, 4.69) is 5.32 Å². The minimum Gasteiger partial charge on any atom is -0.456 e. The number of β-lactam (4-membered cyclic amide) rings is 1. The molecule has 1 unspecified atom stereocenters. The second-order valence-electron chi connectivity index (χ2n) is 10.8. The van der Waals surface area contributed by atoms with Crippen molar-refractivity contribution in [3.8, 4) is 0 Å². The molecule has 1 atom stereocenters. The average Bonchev–Trinajstić information content (AvgIpc) is 3.08. The lowest BCUT2D eigenvalue weighted by Crippen LogP contribution is -2.60. The lowest BCUT2D eigenvalue weighted by Gasteiger charge is -2.45. The van der Waals surface area contributed by atoms with E-state index in [1.54, 1.807) is 11.0 Å². The number of carbonyl (C=O) groups excluding carboxylic acids is 3. The molecule has 1 heterocycles. The molecule has 0 aliphatic carbocycles. The molecule has 9 nitrogen and oxygen atoms in total. The minimum absolute atomic E-state index is 0.0768. The highest BCUT2D eigenvalue weighted by molar-refractivity contribution is 7.96. The van der Waals surface area contributed by atoms with Gasteiger partial charge >= 0.3 is 5.97 Å². The first kappa shape index (κ1) is 33.2. The summed E-state index contributed by atoms with van der Waals surface area (Å²) in [5.74, 6) is -1.15. The van der Waals surface area contributed by atoms with Gasteiger partial charge in [0.1, 0.15) is 12.0 Å². The minimum atomic E-state index is -3.10. The van der Waals surface area contributed by atoms with Crippen molar-refractivity contribution in [1.29, 1.82) is 0 Å². The molecule has 238 valence electrons. The van der Waals surface area contributed by atoms with Crippen molar-refractivity contribution in [2.45, 2.75) is 32.4 Å². The van der Waals surface area contributed by atoms with Gasteiger partial charge in [-0.3, -0.25) is 19.7 Å². The smallest absolute Gasteiger partial charge is 0.356 e. The predicted molar refractivity (Wildman–Crippen MR) is 188 cm³/mol. The zero-order valence-corrected chi connectivity index (χ0v) is 27.2. The number of hydrogen-bond donors (Lipinski definition) is 1. The van der Waals surface area contributed by atoms with Crippen LogP contribution in [-0.4, -0.2) is 43.9 Å². The van der Waals surface area contributed by atoms with Crippen LogP contribution in [0.4, 0.5) is 5.69 Å². The average molecular weight is 666 g/mol. The van der Waals surface area contributed by atoms with Crippen LogP contribution >= 0.6 is 19.1 Å². The van der Waals surface area contributed by atoms with E-state index < -0.39 is 23.8 Å². The Morgan fingerprint density at radius 1 is 0.915 bits per heavy atom. The SMILES string of the molecule is CC(=O)NC=CC(=S)CC1CC(=O)N1C(C(=O)OCc1ccc([N+](=O)[O-])cc1)=P(c1ccccc1)(c1ccccc1)c1ccccc1. The number of nitro benzene ring substituents is 1. The van der Waals surface area contributed by atoms with Gasteiger partial charge in [-0.1, -0.05) is 103 Å². The molecule has 0 aromatic heterocycles. The maximum absolute atomic E-state index is 14.7. The number of allylic oxidation sites excluding steroid dienone is 1. The maximum atomic E-state index is 14.7. The van der Waals surface area contributed by atoms with Crippen molar-refractivity contribution in [2.24, 2.45) is 0 Å². The molecule has 2 amide bonds. The van der Waals surface area contributed by atoms with Crippen LogP contribution in [0.1, 0.15) is 25.3 Å². The van der Waals surface area contributed by atoms with Crippen molar-refractivity contribution in [3.05, 3.63) is 143 Å². The number of esters is 1. The first-order valence-electron chi connectivity index (χ1n) is 14.8. The number of benzene rings is 4. The first-order chi connectivity index (χ1) is 22.7. The van der Waals surface area contributed by atoms with Gasteiger partial charge in [0.25, 0.3) is 5.69 Å². The molecule has 5 rings (SSSR count). The fraction of sp³-hybridized carbons (Fsp3) is 0.139. The summed E-state index contributed by atoms with van der Waals surface area (Å²) in [4.78, 5) is 52.5. The van der Waals surface area contributed by atoms with Crippen LogP contribution in [0, 0.1) is 10.1 Å². The number of rotatable bonds is 12. The summed E-state index contributed by atoms with van der Waals surface area (Å²) in [6.07, 6.45) is 3.53. The molecule has 0 spiro atoms. The standard InChI is InChI=1S/C36H32N3O6PS/c1-26(40)37-22-21-33(47)23-29-24-34(41)38(29)35(36(42)45-25-27-17-19-28(20-18-27)39(43)44)46(30-11-5-2-6-12-30,31-13-7-3-8-14-31)32-15-9-4-10-16-32/h2-22,29H,23-25H2,1H3,(H,37,40). The third-order valence-electron chi connectivity index (χ3n) is 7.71. The summed E-state index contributed by atoms with van der Waals surface area (Å²) in [7, 11) is 0. The van der Waals surface area contributed by atoms with Gasteiger partial charge in [0.05, 0.1) is 11.0 Å². The number of likely N-dealkylation sites (tertiary alicyclic amines) is 1. The topological polar surface area (TPSA) is 119 Å². The summed E-state index contributed by atoms with van der Waals surface area (Å²) in [5.41, 5.74) is 0.701. The lowest BCUT2D eigenvalue weighted by molar-refractivity contribution is -0.384. The molecule has 4 aromatic carbocycles. The number of nitro groups is 1. The molecule has 0 saturated carbocycles. The van der Waals surface area contributed by atoms with Crippen LogP contribution in [0.5, 0.6) is 0 Å². The molecule has 1 aliphatic rings. The molecule has 1 fully saturated rings. The first-order valence-corrected chi connectivity index (χ1v) is 17.0. The van der Waals surface area contributed by atoms with Crippen LogP contribution in [0.2, 0.25) is 0 Å². The van der Waals surface area contributed by atoms with E-state index in [4.69, 9.17) is 17.0 Å². The molecule has 4 aromatic rings. The summed E-state index contributed by atoms with van der Waals surface area (Å²) in [6.45, 7) is -1.87. The zero-order valence-electron chi connectivity index (χ0n) is 25.5. The van der Waals surface area contributed by atoms with Crippen LogP contribution in [-0.2, 0) is 25.7 Å². The highest BCUT2D eigenvalue weighted by Crippen LogP contribution is 2.49. The third kappa shape index (κ3) is 7.30. The Bertz CT molecular complexity index is 1780. The molecular weight excluding hydrogens is 633 g/mol. The number of ether oxygens (including phenoxy) is 1. The van der Waals surface area contributed by atoms with E-state index in [0.717, 1.165) is 15.9 Å². The van der Waals surface area contributed by atoms with Gasteiger partial charge in [0.15, 0.2) is 0 Å². The Labute approximate surface area is 278 Å². The van der Waals surface area contributed by atoms with Gasteiger partial charge in [-0.15, -0.1) is 0 Å². The van der Waals surface area contributed by atoms with Crippen LogP contribution in [0.3, 0.4) is 0 Å². The van der Waals surface area contributed by atoms with Crippen molar-refractivity contribution < 1.29 is 24.0 Å². The summed E-state index contributed by atoms with van der Waals surface area (Å²) < 4.78 is 6.00. The quantitative estimate of drug-likeness (QED) is 0.0441. The van der Waals surface area contributed by atoms with Crippen molar-refractivity contribution in [1.82, 2.24) is 10.2 Å². The Hall–Kier alpha value is -5.18. The van der Waals surface area contributed by atoms with Gasteiger partial charge in [0.2, 0.25) is 11.8 Å². The number of carbonyl (C=O) groups is 3. The molecule has 1 saturated heterocycles. The normalized spacial score (nSPS) is 14.3. The third-order valence-corrected chi connectivity index (χ3v) is 12.3. The van der Waals surface area contributed by atoms with Crippen molar-refractivity contribution in [2.75, 3.05) is 0 Å². The number of amides is 2. The summed E-state index contributed by atoms with van der Waals surface area (Å²) >= 11 is 5.60. The van der Waals surface area contributed by atoms with Gasteiger partial charge in [-0.2, -0.15) is 0 Å².